The van der Waals surface area contributed by atoms with Gasteiger partial charge in [0.05, 0.1) is 6.20 Å². The van der Waals surface area contributed by atoms with Crippen LogP contribution in [0.1, 0.15) is 19.9 Å². The molecule has 0 aliphatic carbocycles. The minimum absolute atomic E-state index is 0. The Morgan fingerprint density at radius 2 is 1.93 bits per heavy atom. The first-order valence-corrected chi connectivity index (χ1v) is 4.28. The lowest BCUT2D eigenvalue weighted by molar-refractivity contribution is -0.694. The SMILES string of the molecule is C=Cn1cc[n+](C(C(C)=O)C(C)=O)c1.[Cl-]. The molecule has 0 spiro atoms. The van der Waals surface area contributed by atoms with Crippen molar-refractivity contribution in [2.45, 2.75) is 19.9 Å². The van der Waals surface area contributed by atoms with Gasteiger partial charge in [0.2, 0.25) is 12.4 Å². The molecule has 0 bridgehead atoms. The molecule has 0 saturated heterocycles. The number of rotatable bonds is 4. The average Bonchev–Trinajstić information content (AvgIpc) is 2.51. The maximum absolute atomic E-state index is 11.2. The third-order valence-electron chi connectivity index (χ3n) is 1.96. The zero-order chi connectivity index (χ0) is 10.7. The number of hydrogen-bond acceptors (Lipinski definition) is 2. The summed E-state index contributed by atoms with van der Waals surface area (Å²) >= 11 is 0. The van der Waals surface area contributed by atoms with Gasteiger partial charge in [-0.05, 0) is 13.8 Å². The normalized spacial score (nSPS) is 9.53. The Balaban J connectivity index is 0.00000196. The van der Waals surface area contributed by atoms with Crippen molar-refractivity contribution in [2.24, 2.45) is 0 Å². The number of nitrogens with zero attached hydrogens (tertiary/aromatic N) is 2. The van der Waals surface area contributed by atoms with E-state index in [0.29, 0.717) is 0 Å². The zero-order valence-electron chi connectivity index (χ0n) is 8.68. The molecule has 0 fully saturated rings. The van der Waals surface area contributed by atoms with E-state index in [9.17, 15) is 9.59 Å². The van der Waals surface area contributed by atoms with Crippen molar-refractivity contribution in [3.05, 3.63) is 25.3 Å². The van der Waals surface area contributed by atoms with Crippen LogP contribution in [0.4, 0.5) is 0 Å². The Morgan fingerprint density at radius 1 is 1.40 bits per heavy atom. The summed E-state index contributed by atoms with van der Waals surface area (Å²) in [5.74, 6) is -0.325. The molecule has 1 aromatic heterocycles. The van der Waals surface area contributed by atoms with E-state index < -0.39 is 6.04 Å². The first-order valence-electron chi connectivity index (χ1n) is 4.28. The van der Waals surface area contributed by atoms with Gasteiger partial charge in [-0.1, -0.05) is 6.58 Å². The maximum Gasteiger partial charge on any atom is 0.249 e. The second kappa shape index (κ2) is 5.46. The molecule has 0 aliphatic heterocycles. The van der Waals surface area contributed by atoms with Crippen LogP contribution >= 0.6 is 0 Å². The third-order valence-corrected chi connectivity index (χ3v) is 1.96. The highest BCUT2D eigenvalue weighted by Crippen LogP contribution is 2.00. The molecule has 0 atom stereocenters. The second-order valence-electron chi connectivity index (χ2n) is 3.11. The number of aromatic nitrogens is 2. The Labute approximate surface area is 94.6 Å². The number of carbonyl (C=O) groups excluding carboxylic acids is 2. The number of carbonyl (C=O) groups is 2. The highest BCUT2D eigenvalue weighted by molar-refractivity contribution is 6.00. The van der Waals surface area contributed by atoms with Crippen molar-refractivity contribution < 1.29 is 26.6 Å². The molecule has 0 amide bonds. The van der Waals surface area contributed by atoms with Crippen LogP contribution in [-0.2, 0) is 9.59 Å². The highest BCUT2D eigenvalue weighted by Gasteiger charge is 2.26. The lowest BCUT2D eigenvalue weighted by Gasteiger charge is -2.04. The minimum Gasteiger partial charge on any atom is -1.00 e. The van der Waals surface area contributed by atoms with E-state index in [2.05, 4.69) is 6.58 Å². The molecule has 0 aromatic carbocycles. The standard InChI is InChI=1S/C10H13N2O2.ClH/c1-4-11-5-6-12(7-11)10(8(2)13)9(3)14;/h4-7,10H,1H2,2-3H3;1H/q+1;/p-1. The maximum atomic E-state index is 11.2. The molecule has 0 aliphatic rings. The molecular formula is C10H13ClN2O2. The van der Waals surface area contributed by atoms with Gasteiger partial charge in [-0.2, -0.15) is 0 Å². The van der Waals surface area contributed by atoms with Crippen LogP contribution in [0.25, 0.3) is 6.20 Å². The summed E-state index contributed by atoms with van der Waals surface area (Å²) in [7, 11) is 0. The van der Waals surface area contributed by atoms with Crippen LogP contribution < -0.4 is 17.0 Å². The molecule has 1 heterocycles. The highest BCUT2D eigenvalue weighted by atomic mass is 35.5. The Hall–Kier alpha value is -1.42. The van der Waals surface area contributed by atoms with Crippen LogP contribution in [0, 0.1) is 0 Å². The van der Waals surface area contributed by atoms with Gasteiger partial charge >= 0.3 is 0 Å². The Morgan fingerprint density at radius 3 is 2.27 bits per heavy atom. The molecule has 5 heteroatoms. The van der Waals surface area contributed by atoms with Gasteiger partial charge in [-0.25, -0.2) is 9.13 Å². The summed E-state index contributed by atoms with van der Waals surface area (Å²) in [6.07, 6.45) is 6.65. The second-order valence-corrected chi connectivity index (χ2v) is 3.11. The van der Waals surface area contributed by atoms with Crippen LogP contribution in [0.5, 0.6) is 0 Å². The van der Waals surface area contributed by atoms with E-state index in [1.807, 2.05) is 0 Å². The number of imidazole rings is 1. The average molecular weight is 229 g/mol. The summed E-state index contributed by atoms with van der Waals surface area (Å²) in [4.78, 5) is 22.4. The van der Waals surface area contributed by atoms with E-state index in [1.54, 1.807) is 34.1 Å². The van der Waals surface area contributed by atoms with E-state index in [1.165, 1.54) is 13.8 Å². The van der Waals surface area contributed by atoms with Gasteiger partial charge in [0.15, 0.2) is 11.6 Å². The summed E-state index contributed by atoms with van der Waals surface area (Å²) in [6.45, 7) is 6.39. The Kier molecular flexibility index (Phi) is 4.94. The molecule has 15 heavy (non-hydrogen) atoms. The molecule has 0 radical (unpaired) electrons. The summed E-state index contributed by atoms with van der Waals surface area (Å²) in [5.41, 5.74) is 0. The van der Waals surface area contributed by atoms with Crippen molar-refractivity contribution in [1.82, 2.24) is 4.57 Å². The molecule has 0 unspecified atom stereocenters. The Bertz CT molecular complexity index is 371. The van der Waals surface area contributed by atoms with Crippen LogP contribution in [0.3, 0.4) is 0 Å². The smallest absolute Gasteiger partial charge is 0.249 e. The van der Waals surface area contributed by atoms with Gasteiger partial charge < -0.3 is 12.4 Å². The fraction of sp³-hybridized carbons (Fsp3) is 0.300. The van der Waals surface area contributed by atoms with Crippen molar-refractivity contribution in [3.8, 4) is 0 Å². The first kappa shape index (κ1) is 13.6. The molecule has 0 saturated carbocycles. The molecular weight excluding hydrogens is 216 g/mol. The molecule has 4 nitrogen and oxygen atoms in total. The summed E-state index contributed by atoms with van der Waals surface area (Å²) in [6, 6.07) is -0.712. The van der Waals surface area contributed by atoms with Gasteiger partial charge in [0.25, 0.3) is 0 Å². The number of ketones is 2. The topological polar surface area (TPSA) is 43.0 Å². The van der Waals surface area contributed by atoms with Gasteiger partial charge in [-0.3, -0.25) is 9.59 Å². The molecule has 0 N–H and O–H groups in total. The van der Waals surface area contributed by atoms with E-state index >= 15 is 0 Å². The van der Waals surface area contributed by atoms with E-state index in [4.69, 9.17) is 0 Å². The molecule has 82 valence electrons. The number of Topliss-reactive ketones (excluding diaryl/α,β-unsaturated/α-hetero) is 2. The van der Waals surface area contributed by atoms with Crippen molar-refractivity contribution in [2.75, 3.05) is 0 Å². The molecule has 1 rings (SSSR count). The zero-order valence-corrected chi connectivity index (χ0v) is 9.44. The van der Waals surface area contributed by atoms with Crippen molar-refractivity contribution in [3.63, 3.8) is 0 Å². The fourth-order valence-electron chi connectivity index (χ4n) is 1.35. The lowest BCUT2D eigenvalue weighted by atomic mass is 10.1. The first-order chi connectivity index (χ1) is 6.56. The number of hydrogen-bond donors (Lipinski definition) is 0. The van der Waals surface area contributed by atoms with Crippen molar-refractivity contribution in [1.29, 1.82) is 0 Å². The predicted octanol–water partition coefficient (Wildman–Crippen LogP) is -2.40. The quantitative estimate of drug-likeness (QED) is 0.426. The van der Waals surface area contributed by atoms with E-state index in [0.717, 1.165) is 0 Å². The summed E-state index contributed by atoms with van der Waals surface area (Å²) < 4.78 is 3.26. The van der Waals surface area contributed by atoms with E-state index in [-0.39, 0.29) is 24.0 Å². The fourth-order valence-corrected chi connectivity index (χ4v) is 1.35. The van der Waals surface area contributed by atoms with Crippen molar-refractivity contribution >= 4 is 17.8 Å². The van der Waals surface area contributed by atoms with Crippen LogP contribution in [0.2, 0.25) is 0 Å². The minimum atomic E-state index is -0.712. The largest absolute Gasteiger partial charge is 1.00 e. The third kappa shape index (κ3) is 3.02. The predicted molar refractivity (Wildman–Crippen MR) is 51.4 cm³/mol. The van der Waals surface area contributed by atoms with Gasteiger partial charge in [0, 0.05) is 0 Å². The van der Waals surface area contributed by atoms with Crippen LogP contribution in [0.15, 0.2) is 25.3 Å². The number of halogens is 1. The summed E-state index contributed by atoms with van der Waals surface area (Å²) in [5, 5.41) is 0. The lowest BCUT2D eigenvalue weighted by Crippen LogP contribution is -3.00. The monoisotopic (exact) mass is 228 g/mol. The van der Waals surface area contributed by atoms with Crippen LogP contribution in [-0.4, -0.2) is 16.1 Å². The molecule has 1 aromatic rings. The van der Waals surface area contributed by atoms with Gasteiger partial charge in [0.1, 0.15) is 12.4 Å². The van der Waals surface area contributed by atoms with Gasteiger partial charge in [-0.15, -0.1) is 0 Å².